The molecule has 3 N–H and O–H groups in total. The number of halogens is 1. The summed E-state index contributed by atoms with van der Waals surface area (Å²) in [4.78, 5) is 0. The van der Waals surface area contributed by atoms with Crippen LogP contribution in [0.15, 0.2) is 36.4 Å². The fourth-order valence-electron chi connectivity index (χ4n) is 2.03. The van der Waals surface area contributed by atoms with Crippen LogP contribution in [0.4, 0.5) is 11.4 Å². The van der Waals surface area contributed by atoms with Crippen molar-refractivity contribution in [2.45, 2.75) is 20.4 Å². The average Bonchev–Trinajstić information content (AvgIpc) is 2.30. The van der Waals surface area contributed by atoms with E-state index in [2.05, 4.69) is 18.3 Å². The molecular formula is C15H17ClN2. The minimum atomic E-state index is 0.741. The molecule has 0 aliphatic heterocycles. The van der Waals surface area contributed by atoms with E-state index in [1.165, 1.54) is 16.7 Å². The molecule has 0 aliphatic carbocycles. The number of anilines is 2. The number of hydrogen-bond acceptors (Lipinski definition) is 2. The van der Waals surface area contributed by atoms with Crippen molar-refractivity contribution in [3.8, 4) is 0 Å². The van der Waals surface area contributed by atoms with Crippen molar-refractivity contribution in [2.24, 2.45) is 0 Å². The molecule has 0 amide bonds. The zero-order chi connectivity index (χ0) is 13.1. The molecule has 3 heteroatoms. The van der Waals surface area contributed by atoms with Crippen LogP contribution >= 0.6 is 11.6 Å². The van der Waals surface area contributed by atoms with E-state index in [-0.39, 0.29) is 0 Å². The zero-order valence-electron chi connectivity index (χ0n) is 10.6. The van der Waals surface area contributed by atoms with E-state index < -0.39 is 0 Å². The lowest BCUT2D eigenvalue weighted by Crippen LogP contribution is -2.04. The second kappa shape index (κ2) is 5.32. The summed E-state index contributed by atoms with van der Waals surface area (Å²) in [6.45, 7) is 4.85. The van der Waals surface area contributed by atoms with Gasteiger partial charge < -0.3 is 11.1 Å². The van der Waals surface area contributed by atoms with Gasteiger partial charge in [0, 0.05) is 11.6 Å². The zero-order valence-corrected chi connectivity index (χ0v) is 11.4. The molecule has 0 aliphatic rings. The topological polar surface area (TPSA) is 38.0 Å². The maximum absolute atomic E-state index is 6.03. The Morgan fingerprint density at radius 3 is 2.39 bits per heavy atom. The Morgan fingerprint density at radius 1 is 1.11 bits per heavy atom. The first kappa shape index (κ1) is 12.8. The van der Waals surface area contributed by atoms with Crippen LogP contribution in [0.25, 0.3) is 0 Å². The van der Waals surface area contributed by atoms with Gasteiger partial charge in [-0.2, -0.15) is 0 Å². The predicted molar refractivity (Wildman–Crippen MR) is 79.1 cm³/mol. The standard InChI is InChI=1S/C15H17ClN2/c1-10-7-11(2)15(14(17)8-10)18-9-12-3-5-13(16)6-4-12/h3-8,18H,9,17H2,1-2H3. The number of benzene rings is 2. The van der Waals surface area contributed by atoms with E-state index in [9.17, 15) is 0 Å². The van der Waals surface area contributed by atoms with E-state index in [1.807, 2.05) is 37.3 Å². The van der Waals surface area contributed by atoms with Crippen LogP contribution in [-0.4, -0.2) is 0 Å². The van der Waals surface area contributed by atoms with E-state index >= 15 is 0 Å². The van der Waals surface area contributed by atoms with Gasteiger partial charge in [0.2, 0.25) is 0 Å². The van der Waals surface area contributed by atoms with E-state index in [1.54, 1.807) is 0 Å². The average molecular weight is 261 g/mol. The van der Waals surface area contributed by atoms with Gasteiger partial charge in [-0.25, -0.2) is 0 Å². The summed E-state index contributed by atoms with van der Waals surface area (Å²) in [6, 6.07) is 11.9. The highest BCUT2D eigenvalue weighted by Gasteiger charge is 2.04. The maximum Gasteiger partial charge on any atom is 0.0606 e. The third kappa shape index (κ3) is 2.96. The Kier molecular flexibility index (Phi) is 3.78. The highest BCUT2D eigenvalue weighted by molar-refractivity contribution is 6.30. The molecule has 0 atom stereocenters. The fraction of sp³-hybridized carbons (Fsp3) is 0.200. The van der Waals surface area contributed by atoms with Crippen molar-refractivity contribution in [1.82, 2.24) is 0 Å². The number of nitrogens with two attached hydrogens (primary N) is 1. The molecule has 2 aromatic rings. The summed E-state index contributed by atoms with van der Waals surface area (Å²) >= 11 is 5.86. The van der Waals surface area contributed by atoms with Crippen molar-refractivity contribution < 1.29 is 0 Å². The van der Waals surface area contributed by atoms with Crippen molar-refractivity contribution >= 4 is 23.0 Å². The van der Waals surface area contributed by atoms with Gasteiger partial charge in [-0.3, -0.25) is 0 Å². The highest BCUT2D eigenvalue weighted by atomic mass is 35.5. The number of nitrogen functional groups attached to an aromatic ring is 1. The van der Waals surface area contributed by atoms with Crippen LogP contribution in [0, 0.1) is 13.8 Å². The Morgan fingerprint density at radius 2 is 1.78 bits per heavy atom. The number of nitrogens with one attached hydrogen (secondary N) is 1. The van der Waals surface area contributed by atoms with Crippen molar-refractivity contribution in [2.75, 3.05) is 11.1 Å². The third-order valence-electron chi connectivity index (χ3n) is 2.89. The van der Waals surface area contributed by atoms with Crippen LogP contribution in [-0.2, 0) is 6.54 Å². The minimum Gasteiger partial charge on any atom is -0.397 e. The highest BCUT2D eigenvalue weighted by Crippen LogP contribution is 2.25. The molecule has 2 rings (SSSR count). The molecule has 0 saturated carbocycles. The Bertz CT molecular complexity index is 524. The summed E-state index contributed by atoms with van der Waals surface area (Å²) in [5, 5.41) is 4.13. The molecule has 0 bridgehead atoms. The number of hydrogen-bond donors (Lipinski definition) is 2. The predicted octanol–water partition coefficient (Wildman–Crippen LogP) is 4.15. The van der Waals surface area contributed by atoms with Crippen molar-refractivity contribution in [3.63, 3.8) is 0 Å². The molecule has 0 heterocycles. The summed E-state index contributed by atoms with van der Waals surface area (Å²) in [6.07, 6.45) is 0. The lowest BCUT2D eigenvalue weighted by atomic mass is 10.1. The Hall–Kier alpha value is -1.67. The molecule has 0 radical (unpaired) electrons. The van der Waals surface area contributed by atoms with Gasteiger partial charge in [0.1, 0.15) is 0 Å². The normalized spacial score (nSPS) is 10.4. The van der Waals surface area contributed by atoms with Crippen LogP contribution in [0.5, 0.6) is 0 Å². The maximum atomic E-state index is 6.03. The molecule has 0 fully saturated rings. The first-order valence-electron chi connectivity index (χ1n) is 5.91. The summed E-state index contributed by atoms with van der Waals surface area (Å²) < 4.78 is 0. The van der Waals surface area contributed by atoms with Gasteiger partial charge in [-0.05, 0) is 48.7 Å². The molecule has 0 aromatic heterocycles. The van der Waals surface area contributed by atoms with Gasteiger partial charge in [0.25, 0.3) is 0 Å². The fourth-order valence-corrected chi connectivity index (χ4v) is 2.16. The second-order valence-electron chi connectivity index (χ2n) is 4.53. The van der Waals surface area contributed by atoms with Gasteiger partial charge in [0.15, 0.2) is 0 Å². The molecule has 2 nitrogen and oxygen atoms in total. The molecule has 0 saturated heterocycles. The summed E-state index contributed by atoms with van der Waals surface area (Å²) in [5.74, 6) is 0. The summed E-state index contributed by atoms with van der Waals surface area (Å²) in [7, 11) is 0. The number of aryl methyl sites for hydroxylation is 2. The molecule has 0 unspecified atom stereocenters. The van der Waals surface area contributed by atoms with Gasteiger partial charge in [-0.15, -0.1) is 0 Å². The quantitative estimate of drug-likeness (QED) is 0.814. The lowest BCUT2D eigenvalue weighted by Gasteiger charge is -2.13. The van der Waals surface area contributed by atoms with E-state index in [4.69, 9.17) is 17.3 Å². The summed E-state index contributed by atoms with van der Waals surface area (Å²) in [5.41, 5.74) is 11.4. The third-order valence-corrected chi connectivity index (χ3v) is 3.14. The van der Waals surface area contributed by atoms with Gasteiger partial charge >= 0.3 is 0 Å². The molecule has 94 valence electrons. The van der Waals surface area contributed by atoms with Crippen molar-refractivity contribution in [3.05, 3.63) is 58.1 Å². The van der Waals surface area contributed by atoms with E-state index in [0.717, 1.165) is 22.9 Å². The van der Waals surface area contributed by atoms with Crippen LogP contribution in [0.3, 0.4) is 0 Å². The monoisotopic (exact) mass is 260 g/mol. The molecule has 0 spiro atoms. The van der Waals surface area contributed by atoms with Crippen molar-refractivity contribution in [1.29, 1.82) is 0 Å². The molecule has 2 aromatic carbocycles. The number of rotatable bonds is 3. The van der Waals surface area contributed by atoms with E-state index in [0.29, 0.717) is 0 Å². The van der Waals surface area contributed by atoms with Crippen LogP contribution < -0.4 is 11.1 Å². The Labute approximate surface area is 113 Å². The van der Waals surface area contributed by atoms with Gasteiger partial charge in [-0.1, -0.05) is 29.8 Å². The molecular weight excluding hydrogens is 244 g/mol. The van der Waals surface area contributed by atoms with Gasteiger partial charge in [0.05, 0.1) is 11.4 Å². The minimum absolute atomic E-state index is 0.741. The Balaban J connectivity index is 2.13. The van der Waals surface area contributed by atoms with Crippen LogP contribution in [0.2, 0.25) is 5.02 Å². The SMILES string of the molecule is Cc1cc(C)c(NCc2ccc(Cl)cc2)c(N)c1. The van der Waals surface area contributed by atoms with Crippen LogP contribution in [0.1, 0.15) is 16.7 Å². The molecule has 18 heavy (non-hydrogen) atoms. The second-order valence-corrected chi connectivity index (χ2v) is 4.96. The first-order valence-corrected chi connectivity index (χ1v) is 6.29. The first-order chi connectivity index (χ1) is 8.56. The smallest absolute Gasteiger partial charge is 0.0606 e. The lowest BCUT2D eigenvalue weighted by molar-refractivity contribution is 1.14. The largest absolute Gasteiger partial charge is 0.397 e.